The fourth-order valence-electron chi connectivity index (χ4n) is 2.60. The summed E-state index contributed by atoms with van der Waals surface area (Å²) in [6.07, 6.45) is 0. The molecule has 0 atom stereocenters. The summed E-state index contributed by atoms with van der Waals surface area (Å²) in [6.45, 7) is 1.67. The van der Waals surface area contributed by atoms with Gasteiger partial charge in [0.1, 0.15) is 5.82 Å². The Labute approximate surface area is 146 Å². The summed E-state index contributed by atoms with van der Waals surface area (Å²) in [5, 5.41) is 4.94. The molecule has 0 aliphatic carbocycles. The van der Waals surface area contributed by atoms with Crippen molar-refractivity contribution in [3.63, 3.8) is 0 Å². The molecule has 1 aromatic heterocycles. The van der Waals surface area contributed by atoms with Gasteiger partial charge in [-0.2, -0.15) is 0 Å². The average Bonchev–Trinajstić information content (AvgIpc) is 2.81. The molecule has 1 aliphatic heterocycles. The molecule has 3 amide bonds. The van der Waals surface area contributed by atoms with E-state index in [1.807, 2.05) is 0 Å². The van der Waals surface area contributed by atoms with Crippen LogP contribution in [0.1, 0.15) is 33.2 Å². The van der Waals surface area contributed by atoms with E-state index in [1.165, 1.54) is 6.92 Å². The standard InChI is InChI=1S/C16H13ClN4O4/c1-7(22)19-6-8-2-3-11(10(17)4-8)21-12(23)5-9-13(14(21)18)16(25)20-15(9)24/h2-5H,6,18H2,1H3,(H,19,22)(H,20,24,25). The van der Waals surface area contributed by atoms with Gasteiger partial charge in [-0.3, -0.25) is 29.1 Å². The van der Waals surface area contributed by atoms with Crippen molar-refractivity contribution in [2.24, 2.45) is 0 Å². The fourth-order valence-corrected chi connectivity index (χ4v) is 2.88. The molecule has 0 unspecified atom stereocenters. The Hall–Kier alpha value is -3.13. The van der Waals surface area contributed by atoms with Crippen LogP contribution in [0.4, 0.5) is 5.82 Å². The molecule has 0 fully saturated rings. The second kappa shape index (κ2) is 6.06. The zero-order valence-electron chi connectivity index (χ0n) is 13.1. The number of imide groups is 1. The molecule has 8 nitrogen and oxygen atoms in total. The van der Waals surface area contributed by atoms with Gasteiger partial charge < -0.3 is 11.1 Å². The zero-order valence-corrected chi connectivity index (χ0v) is 13.8. The third kappa shape index (κ3) is 2.87. The van der Waals surface area contributed by atoms with Crippen LogP contribution >= 0.6 is 11.6 Å². The van der Waals surface area contributed by atoms with Gasteiger partial charge in [-0.1, -0.05) is 17.7 Å². The van der Waals surface area contributed by atoms with E-state index in [4.69, 9.17) is 17.3 Å². The number of benzene rings is 1. The van der Waals surface area contributed by atoms with E-state index in [1.54, 1.807) is 18.2 Å². The summed E-state index contributed by atoms with van der Waals surface area (Å²) in [6, 6.07) is 5.85. The zero-order chi connectivity index (χ0) is 18.3. The first kappa shape index (κ1) is 16.7. The number of aromatic nitrogens is 1. The summed E-state index contributed by atoms with van der Waals surface area (Å²) in [7, 11) is 0. The van der Waals surface area contributed by atoms with Crippen molar-refractivity contribution in [2.45, 2.75) is 13.5 Å². The molecule has 2 aromatic rings. The number of anilines is 1. The number of pyridine rings is 1. The molecule has 1 aromatic carbocycles. The van der Waals surface area contributed by atoms with Gasteiger partial charge >= 0.3 is 0 Å². The molecule has 0 saturated carbocycles. The topological polar surface area (TPSA) is 123 Å². The first-order valence-electron chi connectivity index (χ1n) is 7.24. The number of carbonyl (C=O) groups is 3. The average molecular weight is 361 g/mol. The summed E-state index contributed by atoms with van der Waals surface area (Å²) >= 11 is 6.24. The number of hydrogen-bond donors (Lipinski definition) is 3. The maximum atomic E-state index is 12.4. The Morgan fingerprint density at radius 1 is 1.24 bits per heavy atom. The van der Waals surface area contributed by atoms with Crippen molar-refractivity contribution >= 4 is 35.1 Å². The molecule has 1 aliphatic rings. The predicted octanol–water partition coefficient (Wildman–Crippen LogP) is 0.593. The number of nitrogens with one attached hydrogen (secondary N) is 2. The van der Waals surface area contributed by atoms with Crippen LogP contribution in [-0.2, 0) is 11.3 Å². The number of rotatable bonds is 3. The SMILES string of the molecule is CC(=O)NCc1ccc(-n2c(N)c3c(cc2=O)C(=O)NC3=O)c(Cl)c1. The molecule has 0 spiro atoms. The first-order valence-corrected chi connectivity index (χ1v) is 7.62. The van der Waals surface area contributed by atoms with E-state index >= 15 is 0 Å². The number of nitrogens with two attached hydrogens (primary N) is 1. The first-order chi connectivity index (χ1) is 11.8. The van der Waals surface area contributed by atoms with Crippen LogP contribution in [0.25, 0.3) is 5.69 Å². The molecule has 0 bridgehead atoms. The van der Waals surface area contributed by atoms with Gasteiger partial charge in [-0.25, -0.2) is 0 Å². The van der Waals surface area contributed by atoms with Crippen LogP contribution in [0.2, 0.25) is 5.02 Å². The largest absolute Gasteiger partial charge is 0.384 e. The molecule has 128 valence electrons. The van der Waals surface area contributed by atoms with Crippen molar-refractivity contribution < 1.29 is 14.4 Å². The van der Waals surface area contributed by atoms with Gasteiger partial charge in [-0.05, 0) is 17.7 Å². The van der Waals surface area contributed by atoms with Gasteiger partial charge in [-0.15, -0.1) is 0 Å². The lowest BCUT2D eigenvalue weighted by Crippen LogP contribution is -2.24. The number of carbonyl (C=O) groups excluding carboxylic acids is 3. The van der Waals surface area contributed by atoms with Crippen molar-refractivity contribution in [1.29, 1.82) is 0 Å². The van der Waals surface area contributed by atoms with Crippen molar-refractivity contribution in [3.05, 3.63) is 56.3 Å². The lowest BCUT2D eigenvalue weighted by molar-refractivity contribution is -0.119. The van der Waals surface area contributed by atoms with Crippen LogP contribution < -0.4 is 21.9 Å². The highest BCUT2D eigenvalue weighted by atomic mass is 35.5. The maximum absolute atomic E-state index is 12.4. The van der Waals surface area contributed by atoms with Crippen LogP contribution in [0.15, 0.2) is 29.1 Å². The van der Waals surface area contributed by atoms with E-state index in [-0.39, 0.29) is 40.1 Å². The van der Waals surface area contributed by atoms with Crippen molar-refractivity contribution in [3.8, 4) is 5.69 Å². The van der Waals surface area contributed by atoms with Crippen LogP contribution in [-0.4, -0.2) is 22.3 Å². The lowest BCUT2D eigenvalue weighted by Gasteiger charge is -2.14. The summed E-state index contributed by atoms with van der Waals surface area (Å²) in [4.78, 5) is 46.9. The molecule has 9 heteroatoms. The molecular formula is C16H13ClN4O4. The minimum Gasteiger partial charge on any atom is -0.384 e. The highest BCUT2D eigenvalue weighted by Gasteiger charge is 2.32. The second-order valence-corrected chi connectivity index (χ2v) is 5.88. The lowest BCUT2D eigenvalue weighted by atomic mass is 10.1. The molecule has 0 saturated heterocycles. The van der Waals surface area contributed by atoms with Gasteiger partial charge in [0.05, 0.1) is 21.8 Å². The van der Waals surface area contributed by atoms with Crippen molar-refractivity contribution in [2.75, 3.05) is 5.73 Å². The number of fused-ring (bicyclic) bond motifs is 1. The van der Waals surface area contributed by atoms with Gasteiger partial charge in [0, 0.05) is 19.5 Å². The smallest absolute Gasteiger partial charge is 0.262 e. The third-order valence-corrected chi connectivity index (χ3v) is 4.05. The van der Waals surface area contributed by atoms with Gasteiger partial charge in [0.2, 0.25) is 5.91 Å². The van der Waals surface area contributed by atoms with E-state index in [2.05, 4.69) is 10.6 Å². The number of nitrogens with zero attached hydrogens (tertiary/aromatic N) is 1. The highest BCUT2D eigenvalue weighted by Crippen LogP contribution is 2.27. The van der Waals surface area contributed by atoms with E-state index < -0.39 is 17.4 Å². The Bertz CT molecular complexity index is 996. The van der Waals surface area contributed by atoms with Crippen molar-refractivity contribution in [1.82, 2.24) is 15.2 Å². The van der Waals surface area contributed by atoms with Crippen LogP contribution in [0, 0.1) is 0 Å². The summed E-state index contributed by atoms with van der Waals surface area (Å²) < 4.78 is 1.07. The Morgan fingerprint density at radius 3 is 2.60 bits per heavy atom. The molecule has 25 heavy (non-hydrogen) atoms. The Kier molecular flexibility index (Phi) is 4.05. The monoisotopic (exact) mass is 360 g/mol. The number of nitrogen functional groups attached to an aromatic ring is 1. The molecule has 2 heterocycles. The summed E-state index contributed by atoms with van der Waals surface area (Å²) in [5.74, 6) is -1.67. The normalized spacial score (nSPS) is 12.7. The predicted molar refractivity (Wildman–Crippen MR) is 90.8 cm³/mol. The molecule has 3 rings (SSSR count). The molecular weight excluding hydrogens is 348 g/mol. The second-order valence-electron chi connectivity index (χ2n) is 5.47. The van der Waals surface area contributed by atoms with Crippen LogP contribution in [0.5, 0.6) is 0 Å². The Balaban J connectivity index is 2.10. The van der Waals surface area contributed by atoms with E-state index in [9.17, 15) is 19.2 Å². The van der Waals surface area contributed by atoms with Gasteiger partial charge in [0.25, 0.3) is 17.4 Å². The minimum atomic E-state index is -0.662. The minimum absolute atomic E-state index is 0.0528. The third-order valence-electron chi connectivity index (χ3n) is 3.75. The quantitative estimate of drug-likeness (QED) is 0.691. The van der Waals surface area contributed by atoms with E-state index in [0.717, 1.165) is 16.2 Å². The maximum Gasteiger partial charge on any atom is 0.262 e. The number of hydrogen-bond acceptors (Lipinski definition) is 5. The van der Waals surface area contributed by atoms with Gasteiger partial charge in [0.15, 0.2) is 0 Å². The molecule has 0 radical (unpaired) electrons. The van der Waals surface area contributed by atoms with Crippen LogP contribution in [0.3, 0.4) is 0 Å². The Morgan fingerprint density at radius 2 is 1.96 bits per heavy atom. The summed E-state index contributed by atoms with van der Waals surface area (Å²) in [5.41, 5.74) is 6.26. The fraction of sp³-hybridized carbons (Fsp3) is 0.125. The number of halogens is 1. The molecule has 4 N–H and O–H groups in total. The number of amides is 3. The highest BCUT2D eigenvalue weighted by molar-refractivity contribution is 6.32. The van der Waals surface area contributed by atoms with E-state index in [0.29, 0.717) is 0 Å².